The molecule has 1 heterocycles. The van der Waals surface area contributed by atoms with Gasteiger partial charge in [0, 0.05) is 4.90 Å². The zero-order valence-electron chi connectivity index (χ0n) is 10.4. The van der Waals surface area contributed by atoms with Gasteiger partial charge >= 0.3 is 0 Å². The third kappa shape index (κ3) is 4.00. The lowest BCUT2D eigenvalue weighted by molar-refractivity contribution is 1.10. The summed E-state index contributed by atoms with van der Waals surface area (Å²) in [4.78, 5) is 9.08. The van der Waals surface area contributed by atoms with E-state index in [0.29, 0.717) is 10.8 Å². The summed E-state index contributed by atoms with van der Waals surface area (Å²) < 4.78 is 0. The maximum absolute atomic E-state index is 6.05. The summed E-state index contributed by atoms with van der Waals surface area (Å²) in [7, 11) is 0. The topological polar surface area (TPSA) is 37.8 Å². The van der Waals surface area contributed by atoms with Crippen molar-refractivity contribution in [2.24, 2.45) is 0 Å². The third-order valence-corrected chi connectivity index (χ3v) is 4.05. The van der Waals surface area contributed by atoms with Crippen LogP contribution in [0.4, 0.5) is 11.5 Å². The molecular weight excluding hydrogens is 301 g/mol. The average molecular weight is 314 g/mol. The van der Waals surface area contributed by atoms with Gasteiger partial charge in [0.1, 0.15) is 5.02 Å². The Morgan fingerprint density at radius 2 is 2.05 bits per heavy atom. The van der Waals surface area contributed by atoms with Crippen LogP contribution in [-0.2, 0) is 0 Å². The molecule has 0 saturated heterocycles. The molecule has 2 rings (SSSR count). The van der Waals surface area contributed by atoms with Crippen LogP contribution in [0.25, 0.3) is 0 Å². The van der Waals surface area contributed by atoms with Crippen LogP contribution in [0.2, 0.25) is 10.3 Å². The first kappa shape index (κ1) is 14.4. The second-order valence-corrected chi connectivity index (χ2v) is 5.69. The van der Waals surface area contributed by atoms with Crippen LogP contribution in [0.1, 0.15) is 13.3 Å². The van der Waals surface area contributed by atoms with Crippen LogP contribution in [0.15, 0.2) is 35.4 Å². The number of aromatic nitrogens is 2. The minimum Gasteiger partial charge on any atom is -0.338 e. The molecule has 0 atom stereocenters. The van der Waals surface area contributed by atoms with E-state index in [1.807, 2.05) is 18.2 Å². The van der Waals surface area contributed by atoms with Gasteiger partial charge < -0.3 is 5.32 Å². The van der Waals surface area contributed by atoms with Crippen molar-refractivity contribution in [2.45, 2.75) is 18.2 Å². The lowest BCUT2D eigenvalue weighted by Gasteiger charge is -2.11. The first-order valence-corrected chi connectivity index (χ1v) is 7.61. The summed E-state index contributed by atoms with van der Waals surface area (Å²) in [6, 6.07) is 8.04. The highest BCUT2D eigenvalue weighted by Crippen LogP contribution is 2.31. The molecule has 0 fully saturated rings. The van der Waals surface area contributed by atoms with Gasteiger partial charge in [-0.2, -0.15) is 4.98 Å². The lowest BCUT2D eigenvalue weighted by Crippen LogP contribution is -1.97. The van der Waals surface area contributed by atoms with Crippen LogP contribution in [-0.4, -0.2) is 15.7 Å². The monoisotopic (exact) mass is 313 g/mol. The molecule has 0 saturated carbocycles. The Morgan fingerprint density at radius 3 is 2.84 bits per heavy atom. The molecule has 0 unspecified atom stereocenters. The van der Waals surface area contributed by atoms with Gasteiger partial charge in [0.25, 0.3) is 0 Å². The van der Waals surface area contributed by atoms with Crippen LogP contribution in [0.3, 0.4) is 0 Å². The quantitative estimate of drug-likeness (QED) is 0.620. The minimum atomic E-state index is 0.172. The molecule has 0 aliphatic carbocycles. The fourth-order valence-electron chi connectivity index (χ4n) is 1.47. The Kier molecular flexibility index (Phi) is 5.31. The number of hydrogen-bond donors (Lipinski definition) is 1. The summed E-state index contributed by atoms with van der Waals surface area (Å²) in [5.41, 5.74) is 0.970. The number of halogens is 2. The lowest BCUT2D eigenvalue weighted by atomic mass is 10.3. The van der Waals surface area contributed by atoms with Crippen molar-refractivity contribution in [3.05, 3.63) is 40.8 Å². The smallest absolute Gasteiger partial charge is 0.224 e. The van der Waals surface area contributed by atoms with E-state index >= 15 is 0 Å². The minimum absolute atomic E-state index is 0.172. The molecule has 0 bridgehead atoms. The molecular formula is C13H13Cl2N3S. The molecule has 100 valence electrons. The molecule has 1 N–H and O–H groups in total. The van der Waals surface area contributed by atoms with E-state index in [-0.39, 0.29) is 5.28 Å². The Hall–Kier alpha value is -0.970. The van der Waals surface area contributed by atoms with Gasteiger partial charge in [-0.3, -0.25) is 0 Å². The molecule has 3 nitrogen and oxygen atoms in total. The molecule has 6 heteroatoms. The van der Waals surface area contributed by atoms with E-state index in [0.717, 1.165) is 22.8 Å². The van der Waals surface area contributed by atoms with E-state index in [2.05, 4.69) is 28.3 Å². The molecule has 2 aromatic rings. The number of thioether (sulfide) groups is 1. The summed E-state index contributed by atoms with van der Waals surface area (Å²) in [5.74, 6) is 1.59. The number of rotatable bonds is 5. The van der Waals surface area contributed by atoms with E-state index < -0.39 is 0 Å². The Labute approximate surface area is 126 Å². The number of benzene rings is 1. The fraction of sp³-hybridized carbons (Fsp3) is 0.231. The average Bonchev–Trinajstić information content (AvgIpc) is 2.42. The SMILES string of the molecule is CCCSc1ccccc1Nc1nc(Cl)ncc1Cl. The van der Waals surface area contributed by atoms with Crippen molar-refractivity contribution in [3.8, 4) is 0 Å². The predicted octanol–water partition coefficient (Wildman–Crippen LogP) is 5.03. The normalized spacial score (nSPS) is 10.5. The molecule has 0 radical (unpaired) electrons. The van der Waals surface area contributed by atoms with Crippen LogP contribution < -0.4 is 5.32 Å². The number of hydrogen-bond acceptors (Lipinski definition) is 4. The van der Waals surface area contributed by atoms with Gasteiger partial charge in [0.05, 0.1) is 11.9 Å². The molecule has 1 aromatic heterocycles. The Morgan fingerprint density at radius 1 is 1.26 bits per heavy atom. The summed E-state index contributed by atoms with van der Waals surface area (Å²) in [6.45, 7) is 2.16. The van der Waals surface area contributed by atoms with Crippen molar-refractivity contribution in [3.63, 3.8) is 0 Å². The third-order valence-electron chi connectivity index (χ3n) is 2.32. The second-order valence-electron chi connectivity index (χ2n) is 3.81. The second kappa shape index (κ2) is 6.98. The van der Waals surface area contributed by atoms with E-state index in [4.69, 9.17) is 23.2 Å². The zero-order chi connectivity index (χ0) is 13.7. The molecule has 0 amide bonds. The molecule has 19 heavy (non-hydrogen) atoms. The summed E-state index contributed by atoms with van der Waals surface area (Å²) in [5, 5.41) is 3.82. The standard InChI is InChI=1S/C13H13Cl2N3S/c1-2-7-19-11-6-4-3-5-10(11)17-12-9(14)8-16-13(15)18-12/h3-6,8H,2,7H2,1H3,(H,16,17,18). The van der Waals surface area contributed by atoms with Gasteiger partial charge in [-0.1, -0.05) is 30.7 Å². The summed E-state index contributed by atoms with van der Waals surface area (Å²) in [6.07, 6.45) is 2.61. The number of para-hydroxylation sites is 1. The van der Waals surface area contributed by atoms with Gasteiger partial charge in [-0.15, -0.1) is 11.8 Å². The molecule has 0 aliphatic heterocycles. The van der Waals surface area contributed by atoms with Gasteiger partial charge in [0.2, 0.25) is 5.28 Å². The number of anilines is 2. The van der Waals surface area contributed by atoms with E-state index in [1.165, 1.54) is 6.20 Å². The fourth-order valence-corrected chi connectivity index (χ4v) is 2.61. The van der Waals surface area contributed by atoms with E-state index in [1.54, 1.807) is 11.8 Å². The first-order chi connectivity index (χ1) is 9.20. The molecule has 0 spiro atoms. The Bertz CT molecular complexity index is 563. The number of nitrogens with zero attached hydrogens (tertiary/aromatic N) is 2. The van der Waals surface area contributed by atoms with Gasteiger partial charge in [-0.25, -0.2) is 4.98 Å². The number of nitrogens with one attached hydrogen (secondary N) is 1. The maximum Gasteiger partial charge on any atom is 0.224 e. The highest BCUT2D eigenvalue weighted by Gasteiger charge is 2.07. The van der Waals surface area contributed by atoms with Crippen molar-refractivity contribution in [1.29, 1.82) is 0 Å². The maximum atomic E-state index is 6.05. The van der Waals surface area contributed by atoms with Crippen molar-refractivity contribution < 1.29 is 0 Å². The zero-order valence-corrected chi connectivity index (χ0v) is 12.7. The van der Waals surface area contributed by atoms with E-state index in [9.17, 15) is 0 Å². The largest absolute Gasteiger partial charge is 0.338 e. The van der Waals surface area contributed by atoms with Crippen molar-refractivity contribution >= 4 is 46.5 Å². The Balaban J connectivity index is 2.25. The summed E-state index contributed by atoms with van der Waals surface area (Å²) >= 11 is 13.6. The van der Waals surface area contributed by atoms with Gasteiger partial charge in [-0.05, 0) is 35.9 Å². The predicted molar refractivity (Wildman–Crippen MR) is 82.8 cm³/mol. The molecule has 1 aromatic carbocycles. The van der Waals surface area contributed by atoms with Crippen LogP contribution in [0, 0.1) is 0 Å². The highest BCUT2D eigenvalue weighted by atomic mass is 35.5. The van der Waals surface area contributed by atoms with Crippen LogP contribution >= 0.6 is 35.0 Å². The van der Waals surface area contributed by atoms with Gasteiger partial charge in [0.15, 0.2) is 5.82 Å². The highest BCUT2D eigenvalue weighted by molar-refractivity contribution is 7.99. The van der Waals surface area contributed by atoms with Crippen LogP contribution in [0.5, 0.6) is 0 Å². The van der Waals surface area contributed by atoms with Crippen molar-refractivity contribution in [2.75, 3.05) is 11.1 Å². The van der Waals surface area contributed by atoms with Crippen molar-refractivity contribution in [1.82, 2.24) is 9.97 Å². The molecule has 0 aliphatic rings. The first-order valence-electron chi connectivity index (χ1n) is 5.87.